The van der Waals surface area contributed by atoms with Crippen molar-refractivity contribution in [2.24, 2.45) is 0 Å². The number of thiazole rings is 1. The summed E-state index contributed by atoms with van der Waals surface area (Å²) < 4.78 is 6.71. The number of ether oxygens (including phenoxy) is 1. The minimum absolute atomic E-state index is 0. The van der Waals surface area contributed by atoms with Gasteiger partial charge in [-0.1, -0.05) is 12.1 Å². The van der Waals surface area contributed by atoms with E-state index in [0.29, 0.717) is 0 Å². The molecule has 1 aliphatic heterocycles. The molecular formula is C13H14ClIN2OS. The lowest BCUT2D eigenvalue weighted by atomic mass is 10.2. The monoisotopic (exact) mass is 408 g/mol. The molecular weight excluding hydrogens is 395 g/mol. The predicted molar refractivity (Wildman–Crippen MR) is 89.1 cm³/mol. The molecule has 0 amide bonds. The normalized spacial score (nSPS) is 18.9. The maximum Gasteiger partial charge on any atom is 0.113 e. The van der Waals surface area contributed by atoms with Crippen molar-refractivity contribution in [1.29, 1.82) is 0 Å². The van der Waals surface area contributed by atoms with Crippen molar-refractivity contribution in [3.8, 4) is 11.3 Å². The van der Waals surface area contributed by atoms with Crippen LogP contribution in [0.1, 0.15) is 11.0 Å². The Morgan fingerprint density at radius 2 is 2.11 bits per heavy atom. The van der Waals surface area contributed by atoms with Crippen LogP contribution in [0.2, 0.25) is 0 Å². The topological polar surface area (TPSA) is 34.1 Å². The van der Waals surface area contributed by atoms with Gasteiger partial charge in [-0.2, -0.15) is 0 Å². The second-order valence-corrected chi connectivity index (χ2v) is 6.29. The molecule has 1 fully saturated rings. The van der Waals surface area contributed by atoms with Gasteiger partial charge in [0, 0.05) is 21.1 Å². The molecule has 2 aromatic rings. The van der Waals surface area contributed by atoms with E-state index < -0.39 is 0 Å². The number of nitrogens with zero attached hydrogens (tertiary/aromatic N) is 1. The summed E-state index contributed by atoms with van der Waals surface area (Å²) in [6.45, 7) is 2.43. The molecule has 6 heteroatoms. The van der Waals surface area contributed by atoms with Gasteiger partial charge in [0.05, 0.1) is 24.9 Å². The number of hydrogen-bond acceptors (Lipinski definition) is 4. The van der Waals surface area contributed by atoms with E-state index in [4.69, 9.17) is 9.72 Å². The zero-order valence-electron chi connectivity index (χ0n) is 10.1. The average Bonchev–Trinajstić information content (AvgIpc) is 2.90. The summed E-state index contributed by atoms with van der Waals surface area (Å²) in [6.07, 6.45) is 0. The molecule has 19 heavy (non-hydrogen) atoms. The molecule has 3 rings (SSSR count). The van der Waals surface area contributed by atoms with Gasteiger partial charge in [0.2, 0.25) is 0 Å². The zero-order valence-corrected chi connectivity index (χ0v) is 13.9. The van der Waals surface area contributed by atoms with Gasteiger partial charge in [0.15, 0.2) is 0 Å². The summed E-state index contributed by atoms with van der Waals surface area (Å²) >= 11 is 4.01. The number of benzene rings is 1. The number of aromatic nitrogens is 1. The van der Waals surface area contributed by atoms with Crippen molar-refractivity contribution in [1.82, 2.24) is 10.3 Å². The third kappa shape index (κ3) is 3.66. The largest absolute Gasteiger partial charge is 0.378 e. The third-order valence-corrected chi connectivity index (χ3v) is 4.56. The molecule has 1 saturated heterocycles. The van der Waals surface area contributed by atoms with Crippen LogP contribution in [0, 0.1) is 3.57 Å². The lowest BCUT2D eigenvalue weighted by Crippen LogP contribution is -2.34. The van der Waals surface area contributed by atoms with Crippen LogP contribution in [-0.2, 0) is 4.74 Å². The summed E-state index contributed by atoms with van der Waals surface area (Å²) in [7, 11) is 0. The molecule has 1 atom stereocenters. The number of hydrogen-bond donors (Lipinski definition) is 1. The second kappa shape index (κ2) is 6.99. The van der Waals surface area contributed by atoms with Crippen LogP contribution in [0.25, 0.3) is 11.3 Å². The summed E-state index contributed by atoms with van der Waals surface area (Å²) in [6, 6.07) is 8.70. The van der Waals surface area contributed by atoms with Crippen LogP contribution in [0.5, 0.6) is 0 Å². The van der Waals surface area contributed by atoms with Crippen LogP contribution in [0.15, 0.2) is 29.6 Å². The van der Waals surface area contributed by atoms with Gasteiger partial charge in [0.1, 0.15) is 5.01 Å². The molecule has 2 heterocycles. The maximum atomic E-state index is 5.47. The van der Waals surface area contributed by atoms with Crippen LogP contribution < -0.4 is 5.32 Å². The first-order valence-electron chi connectivity index (χ1n) is 5.85. The highest BCUT2D eigenvalue weighted by Gasteiger charge is 2.18. The van der Waals surface area contributed by atoms with Gasteiger partial charge in [-0.25, -0.2) is 4.98 Å². The third-order valence-electron chi connectivity index (χ3n) is 2.88. The Labute approximate surface area is 136 Å². The molecule has 0 radical (unpaired) electrons. The Balaban J connectivity index is 0.00000133. The lowest BCUT2D eigenvalue weighted by molar-refractivity contribution is 0.0768. The smallest absolute Gasteiger partial charge is 0.113 e. The highest BCUT2D eigenvalue weighted by Crippen LogP contribution is 2.26. The lowest BCUT2D eigenvalue weighted by Gasteiger charge is -2.21. The van der Waals surface area contributed by atoms with Crippen molar-refractivity contribution in [2.75, 3.05) is 19.8 Å². The highest BCUT2D eigenvalue weighted by atomic mass is 127. The molecule has 0 bridgehead atoms. The molecule has 1 aromatic heterocycles. The first kappa shape index (κ1) is 15.2. The van der Waals surface area contributed by atoms with Crippen molar-refractivity contribution in [3.63, 3.8) is 0 Å². The van der Waals surface area contributed by atoms with Crippen LogP contribution in [0.3, 0.4) is 0 Å². The molecule has 0 aliphatic carbocycles. The number of morpholine rings is 1. The first-order chi connectivity index (χ1) is 8.83. The molecule has 1 N–H and O–H groups in total. The van der Waals surface area contributed by atoms with E-state index in [1.165, 1.54) is 9.13 Å². The van der Waals surface area contributed by atoms with E-state index in [-0.39, 0.29) is 18.4 Å². The van der Waals surface area contributed by atoms with Crippen molar-refractivity contribution < 1.29 is 4.74 Å². The van der Waals surface area contributed by atoms with Crippen LogP contribution in [0.4, 0.5) is 0 Å². The fourth-order valence-corrected chi connectivity index (χ4v) is 3.17. The molecule has 0 saturated carbocycles. The molecule has 3 nitrogen and oxygen atoms in total. The fraction of sp³-hybridized carbons (Fsp3) is 0.308. The van der Waals surface area contributed by atoms with E-state index in [1.54, 1.807) is 11.3 Å². The summed E-state index contributed by atoms with van der Waals surface area (Å²) in [5.41, 5.74) is 2.23. The molecule has 102 valence electrons. The summed E-state index contributed by atoms with van der Waals surface area (Å²) in [5.74, 6) is 0. The Kier molecular flexibility index (Phi) is 5.58. The van der Waals surface area contributed by atoms with Gasteiger partial charge in [-0.05, 0) is 34.7 Å². The quantitative estimate of drug-likeness (QED) is 0.772. The number of halogens is 2. The van der Waals surface area contributed by atoms with Gasteiger partial charge in [-0.3, -0.25) is 0 Å². The van der Waals surface area contributed by atoms with E-state index in [9.17, 15) is 0 Å². The highest BCUT2D eigenvalue weighted by molar-refractivity contribution is 14.1. The van der Waals surface area contributed by atoms with Crippen molar-refractivity contribution in [2.45, 2.75) is 6.04 Å². The number of rotatable bonds is 2. The molecule has 0 spiro atoms. The van der Waals surface area contributed by atoms with Gasteiger partial charge in [-0.15, -0.1) is 23.7 Å². The Hall–Kier alpha value is -0.210. The van der Waals surface area contributed by atoms with E-state index in [1.807, 2.05) is 0 Å². The average molecular weight is 409 g/mol. The molecule has 1 aromatic carbocycles. The van der Waals surface area contributed by atoms with Crippen molar-refractivity contribution >= 4 is 46.3 Å². The van der Waals surface area contributed by atoms with Gasteiger partial charge >= 0.3 is 0 Å². The van der Waals surface area contributed by atoms with Crippen molar-refractivity contribution in [3.05, 3.63) is 38.2 Å². The molecule has 1 aliphatic rings. The van der Waals surface area contributed by atoms with Gasteiger partial charge < -0.3 is 10.1 Å². The Bertz CT molecular complexity index is 526. The maximum absolute atomic E-state index is 5.47. The zero-order chi connectivity index (χ0) is 12.4. The van der Waals surface area contributed by atoms with Crippen LogP contribution in [-0.4, -0.2) is 24.7 Å². The SMILES string of the molecule is Cl.Ic1ccc(-c2csc(C3COCCN3)n2)cc1. The van der Waals surface area contributed by atoms with E-state index in [2.05, 4.69) is 57.6 Å². The second-order valence-electron chi connectivity index (χ2n) is 4.16. The first-order valence-corrected chi connectivity index (χ1v) is 7.81. The minimum atomic E-state index is 0. The minimum Gasteiger partial charge on any atom is -0.378 e. The summed E-state index contributed by atoms with van der Waals surface area (Å²) in [5, 5.41) is 6.66. The number of nitrogens with one attached hydrogen (secondary N) is 1. The van der Waals surface area contributed by atoms with Crippen LogP contribution >= 0.6 is 46.3 Å². The summed E-state index contributed by atoms with van der Waals surface area (Å²) in [4.78, 5) is 4.71. The standard InChI is InChI=1S/C13H13IN2OS.ClH/c14-10-3-1-9(2-4-10)12-8-18-13(16-12)11-7-17-6-5-15-11;/h1-4,8,11,15H,5-7H2;1H. The predicted octanol–water partition coefficient (Wildman–Crippen LogP) is 3.50. The molecule has 1 unspecified atom stereocenters. The Morgan fingerprint density at radius 3 is 2.79 bits per heavy atom. The Morgan fingerprint density at radius 1 is 1.32 bits per heavy atom. The van der Waals surface area contributed by atoms with Gasteiger partial charge in [0.25, 0.3) is 0 Å². The van der Waals surface area contributed by atoms with E-state index in [0.717, 1.165) is 30.5 Å². The van der Waals surface area contributed by atoms with E-state index >= 15 is 0 Å². The fourth-order valence-electron chi connectivity index (χ4n) is 1.92.